The Hall–Kier alpha value is -2.33. The zero-order valence-corrected chi connectivity index (χ0v) is 11.7. The molecule has 0 amide bonds. The summed E-state index contributed by atoms with van der Waals surface area (Å²) in [4.78, 5) is 10.6. The number of carboxylic acid groups (broad SMARTS) is 1. The van der Waals surface area contributed by atoms with E-state index < -0.39 is 11.8 Å². The van der Waals surface area contributed by atoms with Crippen LogP contribution in [-0.2, 0) is 11.4 Å². The van der Waals surface area contributed by atoms with Gasteiger partial charge in [-0.05, 0) is 29.3 Å². The van der Waals surface area contributed by atoms with Crippen LogP contribution in [0, 0.1) is 5.82 Å². The van der Waals surface area contributed by atoms with Gasteiger partial charge in [0, 0.05) is 6.08 Å². The van der Waals surface area contributed by atoms with Crippen LogP contribution >= 0.6 is 11.6 Å². The first-order chi connectivity index (χ1) is 10.1. The molecule has 0 aliphatic heterocycles. The van der Waals surface area contributed by atoms with Crippen molar-refractivity contribution < 1.29 is 19.0 Å². The van der Waals surface area contributed by atoms with Gasteiger partial charge in [-0.25, -0.2) is 9.18 Å². The molecule has 2 aromatic carbocycles. The normalized spacial score (nSPS) is 10.8. The number of para-hydroxylation sites is 1. The average molecular weight is 307 g/mol. The third-order valence-electron chi connectivity index (χ3n) is 2.75. The Bertz CT molecular complexity index is 663. The Labute approximate surface area is 126 Å². The minimum absolute atomic E-state index is 0.0174. The van der Waals surface area contributed by atoms with Gasteiger partial charge in [0.2, 0.25) is 0 Å². The van der Waals surface area contributed by atoms with Crippen molar-refractivity contribution in [2.24, 2.45) is 0 Å². The highest BCUT2D eigenvalue weighted by molar-refractivity contribution is 6.32. The minimum Gasteiger partial charge on any atom is -0.484 e. The molecule has 0 unspecified atom stereocenters. The second-order valence-electron chi connectivity index (χ2n) is 4.21. The number of ether oxygens (including phenoxy) is 1. The van der Waals surface area contributed by atoms with Crippen LogP contribution in [0.15, 0.2) is 48.5 Å². The maximum atomic E-state index is 13.6. The van der Waals surface area contributed by atoms with E-state index in [9.17, 15) is 9.18 Å². The summed E-state index contributed by atoms with van der Waals surface area (Å²) in [6.07, 6.45) is 2.50. The molecule has 0 aliphatic rings. The van der Waals surface area contributed by atoms with Crippen molar-refractivity contribution in [2.75, 3.05) is 0 Å². The maximum absolute atomic E-state index is 13.6. The maximum Gasteiger partial charge on any atom is 0.328 e. The molecule has 0 aromatic heterocycles. The first-order valence-electron chi connectivity index (χ1n) is 6.13. The first kappa shape index (κ1) is 15.1. The van der Waals surface area contributed by atoms with Crippen LogP contribution in [0.5, 0.6) is 5.75 Å². The van der Waals surface area contributed by atoms with Gasteiger partial charge in [0.05, 0.1) is 5.02 Å². The van der Waals surface area contributed by atoms with Gasteiger partial charge in [0.25, 0.3) is 0 Å². The Morgan fingerprint density at radius 2 is 2.00 bits per heavy atom. The Balaban J connectivity index is 2.19. The summed E-state index contributed by atoms with van der Waals surface area (Å²) in [5, 5.41) is 8.85. The number of hydrogen-bond donors (Lipinski definition) is 1. The average Bonchev–Trinajstić information content (AvgIpc) is 2.45. The van der Waals surface area contributed by atoms with E-state index in [-0.39, 0.29) is 17.4 Å². The van der Waals surface area contributed by atoms with E-state index in [2.05, 4.69) is 0 Å². The highest BCUT2D eigenvalue weighted by Crippen LogP contribution is 2.28. The summed E-state index contributed by atoms with van der Waals surface area (Å²) < 4.78 is 19.0. The van der Waals surface area contributed by atoms with Crippen molar-refractivity contribution in [3.63, 3.8) is 0 Å². The molecular weight excluding hydrogens is 295 g/mol. The molecule has 5 heteroatoms. The Kier molecular flexibility index (Phi) is 4.95. The third kappa shape index (κ3) is 4.07. The van der Waals surface area contributed by atoms with Crippen molar-refractivity contribution in [2.45, 2.75) is 6.61 Å². The van der Waals surface area contributed by atoms with Crippen molar-refractivity contribution in [1.29, 1.82) is 0 Å². The van der Waals surface area contributed by atoms with Crippen LogP contribution in [0.1, 0.15) is 11.1 Å². The van der Waals surface area contributed by atoms with Crippen LogP contribution < -0.4 is 4.74 Å². The van der Waals surface area contributed by atoms with E-state index in [0.29, 0.717) is 5.56 Å². The molecule has 3 nitrogen and oxygen atoms in total. The minimum atomic E-state index is -1.04. The van der Waals surface area contributed by atoms with Crippen LogP contribution in [0.3, 0.4) is 0 Å². The first-order valence-corrected chi connectivity index (χ1v) is 6.51. The fourth-order valence-corrected chi connectivity index (χ4v) is 1.98. The second kappa shape index (κ2) is 6.90. The fraction of sp³-hybridized carbons (Fsp3) is 0.0625. The van der Waals surface area contributed by atoms with Crippen LogP contribution in [0.25, 0.3) is 6.08 Å². The number of carboxylic acids is 1. The third-order valence-corrected chi connectivity index (χ3v) is 3.05. The standard InChI is InChI=1S/C16H12ClFO3/c17-13-6-3-7-14(18)16(13)21-10-12-5-2-1-4-11(12)8-9-15(19)20/h1-9H,10H2,(H,19,20)/b9-8+. The molecule has 0 fully saturated rings. The van der Waals surface area contributed by atoms with Crippen molar-refractivity contribution in [1.82, 2.24) is 0 Å². The topological polar surface area (TPSA) is 46.5 Å². The van der Waals surface area contributed by atoms with Gasteiger partial charge in [-0.3, -0.25) is 0 Å². The van der Waals surface area contributed by atoms with Crippen molar-refractivity contribution >= 4 is 23.6 Å². The lowest BCUT2D eigenvalue weighted by Crippen LogP contribution is -2.00. The van der Waals surface area contributed by atoms with E-state index in [1.807, 2.05) is 0 Å². The Morgan fingerprint density at radius 3 is 2.71 bits per heavy atom. The van der Waals surface area contributed by atoms with E-state index in [1.165, 1.54) is 24.3 Å². The lowest BCUT2D eigenvalue weighted by Gasteiger charge is -2.10. The zero-order chi connectivity index (χ0) is 15.2. The molecule has 0 saturated carbocycles. The number of aliphatic carboxylic acids is 1. The smallest absolute Gasteiger partial charge is 0.328 e. The lowest BCUT2D eigenvalue weighted by atomic mass is 10.1. The van der Waals surface area contributed by atoms with Gasteiger partial charge in [-0.15, -0.1) is 0 Å². The number of halogens is 2. The molecule has 0 atom stereocenters. The van der Waals surface area contributed by atoms with Gasteiger partial charge >= 0.3 is 5.97 Å². The summed E-state index contributed by atoms with van der Waals surface area (Å²) in [6.45, 7) is 0.0841. The SMILES string of the molecule is O=C(O)/C=C/c1ccccc1COc1c(F)cccc1Cl. The summed E-state index contributed by atoms with van der Waals surface area (Å²) in [6, 6.07) is 11.4. The zero-order valence-electron chi connectivity index (χ0n) is 10.9. The highest BCUT2D eigenvalue weighted by atomic mass is 35.5. The van der Waals surface area contributed by atoms with Gasteiger partial charge in [0.15, 0.2) is 11.6 Å². The van der Waals surface area contributed by atoms with E-state index in [4.69, 9.17) is 21.4 Å². The van der Waals surface area contributed by atoms with Gasteiger partial charge in [-0.1, -0.05) is 41.9 Å². The molecule has 2 aromatic rings. The van der Waals surface area contributed by atoms with E-state index >= 15 is 0 Å². The van der Waals surface area contributed by atoms with Crippen LogP contribution in [0.4, 0.5) is 4.39 Å². The number of rotatable bonds is 5. The Morgan fingerprint density at radius 1 is 1.24 bits per heavy atom. The predicted molar refractivity (Wildman–Crippen MR) is 78.9 cm³/mol. The number of hydrogen-bond acceptors (Lipinski definition) is 2. The van der Waals surface area contributed by atoms with E-state index in [1.54, 1.807) is 24.3 Å². The van der Waals surface area contributed by atoms with Gasteiger partial charge < -0.3 is 9.84 Å². The van der Waals surface area contributed by atoms with Crippen molar-refractivity contribution in [3.05, 3.63) is 70.5 Å². The lowest BCUT2D eigenvalue weighted by molar-refractivity contribution is -0.131. The molecular formula is C16H12ClFO3. The molecule has 0 bridgehead atoms. The van der Waals surface area contributed by atoms with Gasteiger partial charge in [0.1, 0.15) is 6.61 Å². The highest BCUT2D eigenvalue weighted by Gasteiger charge is 2.09. The molecule has 0 heterocycles. The van der Waals surface area contributed by atoms with Crippen molar-refractivity contribution in [3.8, 4) is 5.75 Å². The summed E-state index contributed by atoms with van der Waals surface area (Å²) in [5.41, 5.74) is 1.42. The van der Waals surface area contributed by atoms with Crippen LogP contribution in [-0.4, -0.2) is 11.1 Å². The quantitative estimate of drug-likeness (QED) is 0.844. The molecule has 0 saturated heterocycles. The summed E-state index contributed by atoms with van der Waals surface area (Å²) in [5.74, 6) is -1.60. The molecule has 0 radical (unpaired) electrons. The molecule has 1 N–H and O–H groups in total. The predicted octanol–water partition coefficient (Wildman–Crippen LogP) is 4.16. The van der Waals surface area contributed by atoms with Gasteiger partial charge in [-0.2, -0.15) is 0 Å². The van der Waals surface area contributed by atoms with Crippen LogP contribution in [0.2, 0.25) is 5.02 Å². The summed E-state index contributed by atoms with van der Waals surface area (Å²) >= 11 is 5.88. The fourth-order valence-electron chi connectivity index (χ4n) is 1.76. The molecule has 108 valence electrons. The molecule has 21 heavy (non-hydrogen) atoms. The molecule has 0 aliphatic carbocycles. The molecule has 0 spiro atoms. The summed E-state index contributed by atoms with van der Waals surface area (Å²) in [7, 11) is 0. The number of carbonyl (C=O) groups is 1. The number of benzene rings is 2. The largest absolute Gasteiger partial charge is 0.484 e. The van der Waals surface area contributed by atoms with E-state index in [0.717, 1.165) is 11.6 Å². The monoisotopic (exact) mass is 306 g/mol. The second-order valence-corrected chi connectivity index (χ2v) is 4.62. The molecule has 2 rings (SSSR count).